The summed E-state index contributed by atoms with van der Waals surface area (Å²) in [6.07, 6.45) is 1.67. The summed E-state index contributed by atoms with van der Waals surface area (Å²) in [6, 6.07) is -0.173. The largest absolute Gasteiger partial charge is 0.396 e. The zero-order chi connectivity index (χ0) is 10.8. The summed E-state index contributed by atoms with van der Waals surface area (Å²) < 4.78 is 0. The van der Waals surface area contributed by atoms with Crippen LogP contribution >= 0.6 is 0 Å². The Hall–Kier alpha value is -2.05. The number of rotatable bonds is 2. The van der Waals surface area contributed by atoms with Crippen molar-refractivity contribution >= 4 is 17.5 Å². The molecule has 1 aliphatic rings. The van der Waals surface area contributed by atoms with Crippen molar-refractivity contribution in [1.82, 2.24) is 20.8 Å². The van der Waals surface area contributed by atoms with Crippen molar-refractivity contribution in [2.75, 3.05) is 12.3 Å². The van der Waals surface area contributed by atoms with Gasteiger partial charge in [-0.1, -0.05) is 0 Å². The Balaban J connectivity index is 1.98. The average molecular weight is 209 g/mol. The molecule has 0 aliphatic carbocycles. The normalized spacial score (nSPS) is 20.0. The number of nitrogens with zero attached hydrogens (tertiary/aromatic N) is 1. The maximum Gasteiger partial charge on any atom is 0.271 e. The number of hydrogen-bond donors (Lipinski definition) is 4. The number of hydrogen-bond acceptors (Lipinski definition) is 4. The summed E-state index contributed by atoms with van der Waals surface area (Å²) >= 11 is 0. The molecule has 0 spiro atoms. The minimum Gasteiger partial charge on any atom is -0.396 e. The molecular weight excluding hydrogens is 198 g/mol. The van der Waals surface area contributed by atoms with Crippen LogP contribution in [-0.4, -0.2) is 34.6 Å². The van der Waals surface area contributed by atoms with Crippen LogP contribution in [0.1, 0.15) is 16.9 Å². The van der Waals surface area contributed by atoms with Crippen LogP contribution in [0, 0.1) is 0 Å². The molecule has 5 N–H and O–H groups in total. The van der Waals surface area contributed by atoms with E-state index in [1.807, 2.05) is 0 Å². The first-order valence-electron chi connectivity index (χ1n) is 4.53. The summed E-state index contributed by atoms with van der Waals surface area (Å²) in [5.74, 6) is -0.399. The molecule has 2 heterocycles. The van der Waals surface area contributed by atoms with E-state index in [-0.39, 0.29) is 23.6 Å². The van der Waals surface area contributed by atoms with Crippen LogP contribution in [0.15, 0.2) is 6.20 Å². The van der Waals surface area contributed by atoms with E-state index in [4.69, 9.17) is 5.73 Å². The van der Waals surface area contributed by atoms with Gasteiger partial charge < -0.3 is 16.4 Å². The minimum absolute atomic E-state index is 0.0575. The molecular formula is C8H11N5O2. The third kappa shape index (κ3) is 1.90. The van der Waals surface area contributed by atoms with E-state index >= 15 is 0 Å². The van der Waals surface area contributed by atoms with Crippen molar-refractivity contribution in [3.8, 4) is 0 Å². The average Bonchev–Trinajstić information content (AvgIpc) is 2.75. The van der Waals surface area contributed by atoms with Crippen molar-refractivity contribution in [1.29, 1.82) is 0 Å². The number of nitrogens with one attached hydrogen (secondary N) is 3. The highest BCUT2D eigenvalue weighted by atomic mass is 16.2. The standard InChI is InChI=1S/C8H11N5O2/c9-5-3-11-13-7(5)8(15)12-4-1-6(14)10-2-4/h3-4H,1-2,9H2,(H,10,14)(H,11,13)(H,12,15). The van der Waals surface area contributed by atoms with Gasteiger partial charge >= 0.3 is 0 Å². The Kier molecular flexibility index (Phi) is 2.28. The van der Waals surface area contributed by atoms with Gasteiger partial charge in [0.05, 0.1) is 17.9 Å². The summed E-state index contributed by atoms with van der Waals surface area (Å²) in [5, 5.41) is 11.4. The second-order valence-corrected chi connectivity index (χ2v) is 3.38. The lowest BCUT2D eigenvalue weighted by Gasteiger charge is -2.09. The molecule has 15 heavy (non-hydrogen) atoms. The van der Waals surface area contributed by atoms with Crippen LogP contribution in [-0.2, 0) is 4.79 Å². The first kappa shape index (κ1) is 9.50. The molecule has 80 valence electrons. The molecule has 1 saturated heterocycles. The molecule has 7 heteroatoms. The molecule has 1 unspecified atom stereocenters. The zero-order valence-corrected chi connectivity index (χ0v) is 7.91. The monoisotopic (exact) mass is 209 g/mol. The Labute approximate surface area is 85.4 Å². The number of carbonyl (C=O) groups is 2. The third-order valence-electron chi connectivity index (χ3n) is 2.21. The molecule has 1 aliphatic heterocycles. The number of anilines is 1. The van der Waals surface area contributed by atoms with E-state index < -0.39 is 0 Å². The second kappa shape index (κ2) is 3.60. The van der Waals surface area contributed by atoms with Crippen molar-refractivity contribution in [3.05, 3.63) is 11.9 Å². The third-order valence-corrected chi connectivity index (χ3v) is 2.21. The topological polar surface area (TPSA) is 113 Å². The van der Waals surface area contributed by atoms with Crippen molar-refractivity contribution < 1.29 is 9.59 Å². The molecule has 1 atom stereocenters. The highest BCUT2D eigenvalue weighted by molar-refractivity contribution is 5.97. The zero-order valence-electron chi connectivity index (χ0n) is 7.91. The number of aromatic amines is 1. The van der Waals surface area contributed by atoms with Gasteiger partial charge in [0, 0.05) is 13.0 Å². The Morgan fingerprint density at radius 1 is 1.67 bits per heavy atom. The molecule has 7 nitrogen and oxygen atoms in total. The molecule has 1 aromatic heterocycles. The lowest BCUT2D eigenvalue weighted by atomic mass is 10.2. The summed E-state index contributed by atoms with van der Waals surface area (Å²) in [7, 11) is 0. The highest BCUT2D eigenvalue weighted by Crippen LogP contribution is 2.07. The quantitative estimate of drug-likeness (QED) is 0.480. The van der Waals surface area contributed by atoms with Crippen LogP contribution in [0.4, 0.5) is 5.69 Å². The first-order chi connectivity index (χ1) is 7.16. The van der Waals surface area contributed by atoms with Crippen LogP contribution < -0.4 is 16.4 Å². The van der Waals surface area contributed by atoms with Crippen molar-refractivity contribution in [3.63, 3.8) is 0 Å². The number of carbonyl (C=O) groups excluding carboxylic acids is 2. The van der Waals surface area contributed by atoms with E-state index in [0.717, 1.165) is 0 Å². The Morgan fingerprint density at radius 2 is 2.47 bits per heavy atom. The number of amides is 2. The molecule has 2 rings (SSSR count). The van der Waals surface area contributed by atoms with Gasteiger partial charge in [0.1, 0.15) is 5.69 Å². The minimum atomic E-state index is -0.341. The van der Waals surface area contributed by atoms with E-state index in [1.165, 1.54) is 6.20 Å². The highest BCUT2D eigenvalue weighted by Gasteiger charge is 2.24. The molecule has 0 saturated carbocycles. The van der Waals surface area contributed by atoms with Crippen LogP contribution in [0.5, 0.6) is 0 Å². The Morgan fingerprint density at radius 3 is 3.00 bits per heavy atom. The number of nitrogens with two attached hydrogens (primary N) is 1. The molecule has 0 radical (unpaired) electrons. The summed E-state index contributed by atoms with van der Waals surface area (Å²) in [6.45, 7) is 0.457. The lowest BCUT2D eigenvalue weighted by Crippen LogP contribution is -2.36. The molecule has 1 aromatic rings. The predicted octanol–water partition coefficient (Wildman–Crippen LogP) is -1.39. The van der Waals surface area contributed by atoms with Crippen LogP contribution in [0.2, 0.25) is 0 Å². The van der Waals surface area contributed by atoms with E-state index in [9.17, 15) is 9.59 Å². The van der Waals surface area contributed by atoms with Crippen molar-refractivity contribution in [2.45, 2.75) is 12.5 Å². The summed E-state index contributed by atoms with van der Waals surface area (Å²) in [5.41, 5.74) is 6.03. The fourth-order valence-electron chi connectivity index (χ4n) is 1.44. The van der Waals surface area contributed by atoms with Crippen molar-refractivity contribution in [2.24, 2.45) is 0 Å². The van der Waals surface area contributed by atoms with Gasteiger partial charge in [0.15, 0.2) is 0 Å². The van der Waals surface area contributed by atoms with E-state index in [2.05, 4.69) is 20.8 Å². The Bertz CT molecular complexity index is 399. The SMILES string of the molecule is Nc1cn[nH]c1C(=O)NC1CNC(=O)C1. The van der Waals surface area contributed by atoms with Gasteiger partial charge in [-0.2, -0.15) is 5.10 Å². The molecule has 2 amide bonds. The molecule has 1 fully saturated rings. The fraction of sp³-hybridized carbons (Fsp3) is 0.375. The van der Waals surface area contributed by atoms with Gasteiger partial charge in [-0.25, -0.2) is 0 Å². The molecule has 0 bridgehead atoms. The first-order valence-corrected chi connectivity index (χ1v) is 4.53. The molecule has 0 aromatic carbocycles. The van der Waals surface area contributed by atoms with Crippen LogP contribution in [0.25, 0.3) is 0 Å². The second-order valence-electron chi connectivity index (χ2n) is 3.38. The summed E-state index contributed by atoms with van der Waals surface area (Å²) in [4.78, 5) is 22.5. The van der Waals surface area contributed by atoms with Gasteiger partial charge in [-0.05, 0) is 0 Å². The van der Waals surface area contributed by atoms with Crippen LogP contribution in [0.3, 0.4) is 0 Å². The number of nitrogen functional groups attached to an aromatic ring is 1. The maximum absolute atomic E-state index is 11.6. The lowest BCUT2D eigenvalue weighted by molar-refractivity contribution is -0.119. The van der Waals surface area contributed by atoms with E-state index in [1.54, 1.807) is 0 Å². The number of aromatic nitrogens is 2. The van der Waals surface area contributed by atoms with Gasteiger partial charge in [-0.3, -0.25) is 14.7 Å². The fourth-order valence-corrected chi connectivity index (χ4v) is 1.44. The van der Waals surface area contributed by atoms with Gasteiger partial charge in [-0.15, -0.1) is 0 Å². The predicted molar refractivity (Wildman–Crippen MR) is 51.9 cm³/mol. The van der Waals surface area contributed by atoms with E-state index in [0.29, 0.717) is 18.7 Å². The smallest absolute Gasteiger partial charge is 0.271 e. The van der Waals surface area contributed by atoms with Gasteiger partial charge in [0.25, 0.3) is 5.91 Å². The van der Waals surface area contributed by atoms with Gasteiger partial charge in [0.2, 0.25) is 5.91 Å². The maximum atomic E-state index is 11.6. The number of H-pyrrole nitrogens is 1.